The largest absolute Gasteiger partial charge is 0.464 e. The first kappa shape index (κ1) is 29.2. The minimum atomic E-state index is -4.07. The van der Waals surface area contributed by atoms with Crippen LogP contribution in [0.5, 0.6) is 5.75 Å². The van der Waals surface area contributed by atoms with Crippen LogP contribution in [0.3, 0.4) is 0 Å². The van der Waals surface area contributed by atoms with Gasteiger partial charge in [0.2, 0.25) is 0 Å². The maximum atomic E-state index is 13.7. The molecule has 1 fully saturated rings. The Labute approximate surface area is 220 Å². The molecule has 1 saturated heterocycles. The molecule has 1 aromatic heterocycles. The Bertz CT molecular complexity index is 1130. The van der Waals surface area contributed by atoms with E-state index in [0.717, 1.165) is 12.8 Å². The lowest BCUT2D eigenvalue weighted by Crippen LogP contribution is -2.36. The first-order valence-corrected chi connectivity index (χ1v) is 14.7. The van der Waals surface area contributed by atoms with E-state index in [9.17, 15) is 19.3 Å². The van der Waals surface area contributed by atoms with Crippen molar-refractivity contribution in [3.05, 3.63) is 53.1 Å². The van der Waals surface area contributed by atoms with Crippen molar-refractivity contribution in [1.82, 2.24) is 14.6 Å². The summed E-state index contributed by atoms with van der Waals surface area (Å²) in [5.41, 5.74) is 5.04. The van der Waals surface area contributed by atoms with Crippen LogP contribution in [0.15, 0.2) is 47.4 Å². The fourth-order valence-corrected chi connectivity index (χ4v) is 6.76. The van der Waals surface area contributed by atoms with Crippen LogP contribution < -0.4 is 21.0 Å². The van der Waals surface area contributed by atoms with Crippen molar-refractivity contribution in [2.45, 2.75) is 62.8 Å². The summed E-state index contributed by atoms with van der Waals surface area (Å²) >= 11 is 1.29. The number of carbonyl (C=O) groups is 1. The third-order valence-corrected chi connectivity index (χ3v) is 9.24. The van der Waals surface area contributed by atoms with E-state index in [-0.39, 0.29) is 37.1 Å². The normalized spacial score (nSPS) is 21.9. The standard InChI is InChI=1S/C24H35N4O7PS/c1-4-17(5-2)14-33-23(30)16(3)27-36(32,35-18-9-7-6-8-10-18)34-15-20-19(29)13-22(37-20)28-12-11-21(25)26-24(28)31/h6-12,16-17,19-20,22,29H,4-5,13-15H2,1-3H3,(H,27,32)(H2,25,26,31)/t16-,19-,20+,22+,36-/m0/s1. The maximum Gasteiger partial charge on any atom is 0.459 e. The van der Waals surface area contributed by atoms with Crippen LogP contribution in [0.2, 0.25) is 0 Å². The number of thioether (sulfide) groups is 1. The monoisotopic (exact) mass is 554 g/mol. The number of aromatic nitrogens is 2. The van der Waals surface area contributed by atoms with Gasteiger partial charge in [-0.25, -0.2) is 9.36 Å². The third kappa shape index (κ3) is 8.31. The maximum absolute atomic E-state index is 13.7. The van der Waals surface area contributed by atoms with E-state index in [1.54, 1.807) is 30.3 Å². The highest BCUT2D eigenvalue weighted by molar-refractivity contribution is 8.00. The number of hydrogen-bond donors (Lipinski definition) is 3. The fraction of sp³-hybridized carbons (Fsp3) is 0.542. The van der Waals surface area contributed by atoms with E-state index in [0.29, 0.717) is 0 Å². The zero-order valence-corrected chi connectivity index (χ0v) is 22.9. The number of nitrogens with zero attached hydrogens (tertiary/aromatic N) is 2. The van der Waals surface area contributed by atoms with Gasteiger partial charge in [-0.2, -0.15) is 10.1 Å². The van der Waals surface area contributed by atoms with Gasteiger partial charge >= 0.3 is 19.4 Å². The van der Waals surface area contributed by atoms with Gasteiger partial charge in [0.1, 0.15) is 17.6 Å². The quantitative estimate of drug-likeness (QED) is 0.247. The van der Waals surface area contributed by atoms with Crippen LogP contribution in [0, 0.1) is 5.92 Å². The Hall–Kier alpha value is -2.37. The summed E-state index contributed by atoms with van der Waals surface area (Å²) in [4.78, 5) is 28.5. The molecule has 204 valence electrons. The average Bonchev–Trinajstić information content (AvgIpc) is 3.23. The van der Waals surface area contributed by atoms with E-state index < -0.39 is 42.2 Å². The summed E-state index contributed by atoms with van der Waals surface area (Å²) in [5, 5.41) is 12.4. The van der Waals surface area contributed by atoms with Crippen molar-refractivity contribution in [2.24, 2.45) is 5.92 Å². The van der Waals surface area contributed by atoms with Crippen molar-refractivity contribution in [2.75, 3.05) is 18.9 Å². The van der Waals surface area contributed by atoms with Crippen molar-refractivity contribution in [1.29, 1.82) is 0 Å². The van der Waals surface area contributed by atoms with Gasteiger partial charge in [0.25, 0.3) is 0 Å². The van der Waals surface area contributed by atoms with E-state index >= 15 is 0 Å². The smallest absolute Gasteiger partial charge is 0.459 e. The van der Waals surface area contributed by atoms with Gasteiger partial charge in [-0.3, -0.25) is 13.9 Å². The Morgan fingerprint density at radius 3 is 2.65 bits per heavy atom. The molecule has 5 atom stereocenters. The molecule has 0 saturated carbocycles. The SMILES string of the molecule is CCC(CC)COC(=O)[C@H](C)N[P@](=O)(OC[C@H]1S[C@@H](n2ccc(N)nc2=O)C[C@@H]1O)Oc1ccccc1. The van der Waals surface area contributed by atoms with E-state index in [1.165, 1.54) is 35.5 Å². The van der Waals surface area contributed by atoms with Crippen molar-refractivity contribution in [3.8, 4) is 5.75 Å². The number of anilines is 1. The van der Waals surface area contributed by atoms with Crippen LogP contribution in [-0.4, -0.2) is 51.2 Å². The molecule has 4 N–H and O–H groups in total. The summed E-state index contributed by atoms with van der Waals surface area (Å²) in [5.74, 6) is 0.0746. The van der Waals surface area contributed by atoms with Gasteiger partial charge in [0.15, 0.2) is 0 Å². The molecule has 3 rings (SSSR count). The second-order valence-electron chi connectivity index (χ2n) is 8.84. The average molecular weight is 555 g/mol. The molecule has 13 heteroatoms. The highest BCUT2D eigenvalue weighted by Crippen LogP contribution is 2.48. The summed E-state index contributed by atoms with van der Waals surface area (Å²) in [7, 11) is -4.07. The van der Waals surface area contributed by atoms with E-state index in [2.05, 4.69) is 10.1 Å². The van der Waals surface area contributed by atoms with E-state index in [1.807, 2.05) is 13.8 Å². The number of aliphatic hydroxyl groups is 1. The Morgan fingerprint density at radius 2 is 2.00 bits per heavy atom. The number of nitrogen functional groups attached to an aromatic ring is 1. The van der Waals surface area contributed by atoms with Crippen molar-refractivity contribution >= 4 is 31.3 Å². The van der Waals surface area contributed by atoms with Crippen LogP contribution in [0.1, 0.15) is 45.4 Å². The van der Waals surface area contributed by atoms with Crippen molar-refractivity contribution < 1.29 is 28.3 Å². The molecule has 0 bridgehead atoms. The molecular weight excluding hydrogens is 519 g/mol. The molecular formula is C24H35N4O7PS. The molecule has 2 aromatic rings. The Kier molecular flexibility index (Phi) is 10.6. The minimum absolute atomic E-state index is 0.113. The Balaban J connectivity index is 1.68. The third-order valence-electron chi connectivity index (χ3n) is 6.06. The number of para-hydroxylation sites is 1. The molecule has 37 heavy (non-hydrogen) atoms. The first-order chi connectivity index (χ1) is 17.6. The molecule has 0 radical (unpaired) electrons. The number of rotatable bonds is 13. The predicted molar refractivity (Wildman–Crippen MR) is 142 cm³/mol. The molecule has 0 amide bonds. The van der Waals surface area contributed by atoms with Crippen molar-refractivity contribution in [3.63, 3.8) is 0 Å². The zero-order chi connectivity index (χ0) is 27.0. The predicted octanol–water partition coefficient (Wildman–Crippen LogP) is 3.35. The second-order valence-corrected chi connectivity index (χ2v) is 12.0. The van der Waals surface area contributed by atoms with Gasteiger partial charge in [-0.1, -0.05) is 44.9 Å². The lowest BCUT2D eigenvalue weighted by molar-refractivity contribution is -0.146. The first-order valence-electron chi connectivity index (χ1n) is 12.3. The minimum Gasteiger partial charge on any atom is -0.464 e. The van der Waals surface area contributed by atoms with Gasteiger partial charge in [-0.15, -0.1) is 11.8 Å². The van der Waals surface area contributed by atoms with Crippen LogP contribution in [0.4, 0.5) is 5.82 Å². The Morgan fingerprint density at radius 1 is 1.30 bits per heavy atom. The molecule has 0 spiro atoms. The molecule has 1 aromatic carbocycles. The van der Waals surface area contributed by atoms with Gasteiger partial charge in [-0.05, 0) is 31.0 Å². The number of benzene rings is 1. The molecule has 1 aliphatic rings. The molecule has 1 aliphatic heterocycles. The number of nitrogens with two attached hydrogens (primary N) is 1. The summed E-state index contributed by atoms with van der Waals surface area (Å²) in [6, 6.07) is 8.97. The fourth-order valence-electron chi connectivity index (χ4n) is 3.70. The molecule has 0 unspecified atom stereocenters. The number of nitrogens with one attached hydrogen (secondary N) is 1. The summed E-state index contributed by atoms with van der Waals surface area (Å²) in [6.45, 7) is 5.69. The van der Waals surface area contributed by atoms with Crippen LogP contribution in [-0.2, 0) is 18.6 Å². The summed E-state index contributed by atoms with van der Waals surface area (Å²) < 4.78 is 31.9. The number of esters is 1. The number of carbonyl (C=O) groups excluding carboxylic acids is 1. The van der Waals surface area contributed by atoms with Crippen LogP contribution in [0.25, 0.3) is 0 Å². The van der Waals surface area contributed by atoms with Gasteiger partial charge in [0, 0.05) is 12.6 Å². The van der Waals surface area contributed by atoms with Gasteiger partial charge in [0.05, 0.1) is 29.9 Å². The topological polar surface area (TPSA) is 155 Å². The molecule has 2 heterocycles. The molecule has 0 aliphatic carbocycles. The lowest BCUT2D eigenvalue weighted by Gasteiger charge is -2.25. The summed E-state index contributed by atoms with van der Waals surface area (Å²) in [6.07, 6.45) is 2.71. The van der Waals surface area contributed by atoms with Gasteiger partial charge < -0.3 is 20.1 Å². The number of ether oxygens (including phenoxy) is 1. The molecule has 11 nitrogen and oxygen atoms in total. The number of aliphatic hydroxyl groups excluding tert-OH is 1. The van der Waals surface area contributed by atoms with E-state index in [4.69, 9.17) is 19.5 Å². The second kappa shape index (κ2) is 13.4. The highest BCUT2D eigenvalue weighted by atomic mass is 32.2. The lowest BCUT2D eigenvalue weighted by atomic mass is 10.1. The van der Waals surface area contributed by atoms with Crippen LogP contribution >= 0.6 is 19.5 Å². The highest BCUT2D eigenvalue weighted by Gasteiger charge is 2.39. The zero-order valence-electron chi connectivity index (χ0n) is 21.2. The number of hydrogen-bond acceptors (Lipinski definition) is 10.